The lowest BCUT2D eigenvalue weighted by Crippen LogP contribution is -2.64. The van der Waals surface area contributed by atoms with E-state index in [9.17, 15) is 15.0 Å². The minimum atomic E-state index is -1.28. The van der Waals surface area contributed by atoms with Crippen LogP contribution >= 0.6 is 0 Å². The normalized spacial score (nSPS) is 43.9. The first kappa shape index (κ1) is 22.7. The van der Waals surface area contributed by atoms with Gasteiger partial charge in [-0.25, -0.2) is 4.79 Å². The van der Waals surface area contributed by atoms with Gasteiger partial charge in [0.1, 0.15) is 43.2 Å². The van der Waals surface area contributed by atoms with Crippen LogP contribution < -0.4 is 11.5 Å². The Hall–Kier alpha value is -0.930. The molecule has 3 saturated heterocycles. The minimum Gasteiger partial charge on any atom is -0.467 e. The molecular weight excluding hydrogens is 392 g/mol. The van der Waals surface area contributed by atoms with Crippen molar-refractivity contribution in [2.24, 2.45) is 11.5 Å². The highest BCUT2D eigenvalue weighted by molar-refractivity contribution is 5.70. The van der Waals surface area contributed by atoms with Crippen molar-refractivity contribution in [1.82, 2.24) is 0 Å². The van der Waals surface area contributed by atoms with Crippen molar-refractivity contribution in [1.29, 1.82) is 0 Å². The van der Waals surface area contributed by atoms with Crippen LogP contribution in [0.15, 0.2) is 0 Å². The maximum Gasteiger partial charge on any atom is 0.331 e. The lowest BCUT2D eigenvalue weighted by molar-refractivity contribution is -0.326. The molecule has 3 rings (SSSR count). The molecule has 0 amide bonds. The number of ether oxygens (including phenoxy) is 7. The Morgan fingerprint density at radius 1 is 1.14 bits per heavy atom. The average Bonchev–Trinajstić information content (AvgIpc) is 3.16. The molecular formula is C17H30N2O10. The molecule has 0 bridgehead atoms. The fourth-order valence-corrected chi connectivity index (χ4v) is 3.72. The number of carbonyl (C=O) groups excluding carboxylic acids is 1. The largest absolute Gasteiger partial charge is 0.467 e. The van der Waals surface area contributed by atoms with Gasteiger partial charge in [0.2, 0.25) is 0 Å². The van der Waals surface area contributed by atoms with E-state index in [1.807, 2.05) is 0 Å². The van der Waals surface area contributed by atoms with E-state index in [-0.39, 0.29) is 6.54 Å². The Bertz CT molecular complexity index is 578. The quantitative estimate of drug-likeness (QED) is 0.310. The highest BCUT2D eigenvalue weighted by Gasteiger charge is 2.57. The summed E-state index contributed by atoms with van der Waals surface area (Å²) in [6.07, 6.45) is -6.83. The van der Waals surface area contributed by atoms with Gasteiger partial charge in [0.15, 0.2) is 18.4 Å². The van der Waals surface area contributed by atoms with Crippen LogP contribution in [0.3, 0.4) is 0 Å². The van der Waals surface area contributed by atoms with Gasteiger partial charge < -0.3 is 54.8 Å². The van der Waals surface area contributed by atoms with Gasteiger partial charge in [-0.1, -0.05) is 0 Å². The molecule has 0 radical (unpaired) electrons. The van der Waals surface area contributed by atoms with Crippen molar-refractivity contribution in [2.45, 2.75) is 74.9 Å². The van der Waals surface area contributed by atoms with Crippen LogP contribution in [0.4, 0.5) is 0 Å². The predicted octanol–water partition coefficient (Wildman–Crippen LogP) is -2.83. The number of esters is 1. The van der Waals surface area contributed by atoms with Crippen molar-refractivity contribution in [3.8, 4) is 0 Å². The summed E-state index contributed by atoms with van der Waals surface area (Å²) < 4.78 is 39.0. The number of methoxy groups -OCH3 is 1. The second kappa shape index (κ2) is 9.06. The Balaban J connectivity index is 1.71. The zero-order chi connectivity index (χ0) is 21.3. The Kier molecular flexibility index (Phi) is 7.10. The van der Waals surface area contributed by atoms with Crippen LogP contribution in [0.25, 0.3) is 0 Å². The number of rotatable bonds is 7. The molecule has 0 spiro atoms. The van der Waals surface area contributed by atoms with E-state index in [0.717, 1.165) is 0 Å². The maximum absolute atomic E-state index is 11.4. The van der Waals surface area contributed by atoms with Crippen LogP contribution in [-0.4, -0.2) is 104 Å². The number of aliphatic hydroxyl groups excluding tert-OH is 2. The van der Waals surface area contributed by atoms with Crippen molar-refractivity contribution in [3.63, 3.8) is 0 Å². The summed E-state index contributed by atoms with van der Waals surface area (Å²) in [5.74, 6) is -1.47. The summed E-state index contributed by atoms with van der Waals surface area (Å²) in [4.78, 5) is 11.4. The highest BCUT2D eigenvalue weighted by Crippen LogP contribution is 2.40. The fraction of sp³-hybridized carbons (Fsp3) is 0.941. The topological polar surface area (TPSA) is 174 Å². The van der Waals surface area contributed by atoms with Gasteiger partial charge in [0.25, 0.3) is 0 Å². The molecule has 3 aliphatic heterocycles. The zero-order valence-corrected chi connectivity index (χ0v) is 16.6. The molecule has 6 unspecified atom stereocenters. The number of hydrogen-bond donors (Lipinski definition) is 4. The molecule has 3 aliphatic rings. The van der Waals surface area contributed by atoms with E-state index in [4.69, 9.17) is 39.9 Å². The lowest BCUT2D eigenvalue weighted by Gasteiger charge is -2.43. The van der Waals surface area contributed by atoms with E-state index in [2.05, 4.69) is 4.74 Å². The summed E-state index contributed by atoms with van der Waals surface area (Å²) in [6, 6.07) is -0.994. The minimum absolute atomic E-state index is 0.195. The first-order valence-electron chi connectivity index (χ1n) is 9.45. The molecule has 12 nitrogen and oxygen atoms in total. The molecule has 0 saturated carbocycles. The molecule has 6 N–H and O–H groups in total. The molecule has 9 atom stereocenters. The second-order valence-electron chi connectivity index (χ2n) is 7.62. The van der Waals surface area contributed by atoms with E-state index in [1.165, 1.54) is 7.11 Å². The molecule has 12 heteroatoms. The van der Waals surface area contributed by atoms with Gasteiger partial charge in [-0.3, -0.25) is 0 Å². The number of carbonyl (C=O) groups is 1. The molecule has 29 heavy (non-hydrogen) atoms. The van der Waals surface area contributed by atoms with Crippen LogP contribution in [0.1, 0.15) is 13.8 Å². The van der Waals surface area contributed by atoms with E-state index < -0.39 is 80.2 Å². The van der Waals surface area contributed by atoms with Crippen LogP contribution in [0, 0.1) is 0 Å². The van der Waals surface area contributed by atoms with Crippen molar-refractivity contribution < 1.29 is 48.2 Å². The highest BCUT2D eigenvalue weighted by atomic mass is 16.8. The Labute approximate surface area is 168 Å². The van der Waals surface area contributed by atoms with Crippen LogP contribution in [0.5, 0.6) is 0 Å². The molecule has 0 aromatic rings. The van der Waals surface area contributed by atoms with Crippen molar-refractivity contribution in [2.75, 3.05) is 26.9 Å². The Morgan fingerprint density at radius 2 is 1.79 bits per heavy atom. The number of hydrogen-bond acceptors (Lipinski definition) is 12. The maximum atomic E-state index is 11.4. The smallest absolute Gasteiger partial charge is 0.331 e. The van der Waals surface area contributed by atoms with Crippen LogP contribution in [0.2, 0.25) is 0 Å². The average molecular weight is 422 g/mol. The molecule has 0 aromatic carbocycles. The van der Waals surface area contributed by atoms with E-state index >= 15 is 0 Å². The summed E-state index contributed by atoms with van der Waals surface area (Å²) in [5.41, 5.74) is 11.9. The first-order chi connectivity index (χ1) is 13.7. The fourth-order valence-electron chi connectivity index (χ4n) is 3.72. The lowest BCUT2D eigenvalue weighted by atomic mass is 9.97. The van der Waals surface area contributed by atoms with E-state index in [1.54, 1.807) is 13.8 Å². The molecule has 0 aromatic heterocycles. The summed E-state index contributed by atoms with van der Waals surface area (Å²) in [5, 5.41) is 19.9. The molecule has 0 aliphatic carbocycles. The number of aliphatic hydroxyl groups is 2. The summed E-state index contributed by atoms with van der Waals surface area (Å²) in [7, 11) is 1.21. The third-order valence-electron chi connectivity index (χ3n) is 5.13. The molecule has 3 fully saturated rings. The summed E-state index contributed by atoms with van der Waals surface area (Å²) >= 11 is 0. The SMILES string of the molecule is COC(=O)COC1C(N)[C@H](OC2O[C@H](CN)C3OC(C)(C)OC23)OC(CO)[C@H]1O. The van der Waals surface area contributed by atoms with Gasteiger partial charge in [-0.15, -0.1) is 0 Å². The Morgan fingerprint density at radius 3 is 2.41 bits per heavy atom. The van der Waals surface area contributed by atoms with Gasteiger partial charge in [0.05, 0.1) is 19.8 Å². The first-order valence-corrected chi connectivity index (χ1v) is 9.45. The van der Waals surface area contributed by atoms with Crippen molar-refractivity contribution in [3.05, 3.63) is 0 Å². The number of nitrogens with two attached hydrogens (primary N) is 2. The van der Waals surface area contributed by atoms with Gasteiger partial charge in [0, 0.05) is 6.54 Å². The third kappa shape index (κ3) is 4.71. The zero-order valence-electron chi connectivity index (χ0n) is 16.6. The third-order valence-corrected chi connectivity index (χ3v) is 5.13. The molecule has 168 valence electrons. The monoisotopic (exact) mass is 422 g/mol. The van der Waals surface area contributed by atoms with Crippen molar-refractivity contribution >= 4 is 5.97 Å². The van der Waals surface area contributed by atoms with Crippen LogP contribution in [-0.2, 0) is 38.0 Å². The summed E-state index contributed by atoms with van der Waals surface area (Å²) in [6.45, 7) is 2.80. The second-order valence-corrected chi connectivity index (χ2v) is 7.62. The number of fused-ring (bicyclic) bond motifs is 1. The standard InChI is InChI=1S/C17H30N2O10/c1-17(2)28-12-7(4-18)25-16(14(12)29-17)27-15-10(19)13(24-6-9(21)23-3)11(22)8(5-20)26-15/h7-8,10-16,20,22H,4-6,18-19H2,1-3H3/t7-,8?,10?,11-,12?,13?,14?,15+,16?/m1/s1. The van der Waals surface area contributed by atoms with Gasteiger partial charge >= 0.3 is 5.97 Å². The van der Waals surface area contributed by atoms with Gasteiger partial charge in [-0.2, -0.15) is 0 Å². The molecule has 3 heterocycles. The van der Waals surface area contributed by atoms with E-state index in [0.29, 0.717) is 0 Å². The van der Waals surface area contributed by atoms with Gasteiger partial charge in [-0.05, 0) is 13.8 Å². The predicted molar refractivity (Wildman–Crippen MR) is 94.1 cm³/mol.